The molecule has 1 aliphatic rings. The van der Waals surface area contributed by atoms with Gasteiger partial charge in [-0.2, -0.15) is 4.31 Å². The van der Waals surface area contributed by atoms with E-state index in [1.807, 2.05) is 17.5 Å². The van der Waals surface area contributed by atoms with Crippen LogP contribution in [0, 0.1) is 0 Å². The van der Waals surface area contributed by atoms with Crippen molar-refractivity contribution < 1.29 is 17.9 Å². The zero-order chi connectivity index (χ0) is 21.8. The van der Waals surface area contributed by atoms with E-state index < -0.39 is 10.0 Å². The van der Waals surface area contributed by atoms with Crippen LogP contribution in [0.3, 0.4) is 0 Å². The molecule has 0 bridgehead atoms. The second-order valence-corrected chi connectivity index (χ2v) is 9.88. The van der Waals surface area contributed by atoms with Crippen LogP contribution in [0.5, 0.6) is 0 Å². The molecule has 0 spiro atoms. The first kappa shape index (κ1) is 21.6. The third-order valence-electron chi connectivity index (χ3n) is 5.11. The summed E-state index contributed by atoms with van der Waals surface area (Å²) in [6.07, 6.45) is 0.977. The predicted octanol–water partition coefficient (Wildman–Crippen LogP) is 3.65. The van der Waals surface area contributed by atoms with Gasteiger partial charge >= 0.3 is 0 Å². The summed E-state index contributed by atoms with van der Waals surface area (Å²) in [5.74, 6) is -0.336. The number of nitrogens with zero attached hydrogens (tertiary/aromatic N) is 2. The topological polar surface area (TPSA) is 88.6 Å². The van der Waals surface area contributed by atoms with E-state index >= 15 is 0 Å². The number of aromatic nitrogens is 1. The van der Waals surface area contributed by atoms with E-state index in [1.165, 1.54) is 45.5 Å². The molecule has 1 N–H and O–H groups in total. The fourth-order valence-corrected chi connectivity index (χ4v) is 5.38. The largest absolute Gasteiger partial charge is 0.379 e. The van der Waals surface area contributed by atoms with Crippen molar-refractivity contribution in [3.8, 4) is 11.3 Å². The molecule has 0 unspecified atom stereocenters. The standard InChI is InChI=1S/C22H23N3O4S2/c1-2-16-3-5-17(6-4-16)20-15-30-22(23-20)24-21(26)18-7-9-19(10-8-18)31(27,28)25-11-13-29-14-12-25/h3-10,15H,2,11-14H2,1H3,(H,23,24,26). The highest BCUT2D eigenvalue weighted by molar-refractivity contribution is 7.89. The third-order valence-corrected chi connectivity index (χ3v) is 7.78. The van der Waals surface area contributed by atoms with Crippen molar-refractivity contribution in [2.24, 2.45) is 0 Å². The highest BCUT2D eigenvalue weighted by atomic mass is 32.2. The highest BCUT2D eigenvalue weighted by Gasteiger charge is 2.26. The van der Waals surface area contributed by atoms with Gasteiger partial charge in [0.2, 0.25) is 10.0 Å². The quantitative estimate of drug-likeness (QED) is 0.610. The van der Waals surface area contributed by atoms with E-state index in [1.54, 1.807) is 0 Å². The Kier molecular flexibility index (Phi) is 6.47. The molecule has 1 amide bonds. The molecule has 1 aromatic heterocycles. The molecule has 0 saturated carbocycles. The third kappa shape index (κ3) is 4.85. The molecule has 0 atom stereocenters. The second-order valence-electron chi connectivity index (χ2n) is 7.08. The lowest BCUT2D eigenvalue weighted by atomic mass is 10.1. The number of carbonyl (C=O) groups is 1. The number of hydrogen-bond acceptors (Lipinski definition) is 6. The zero-order valence-corrected chi connectivity index (χ0v) is 18.7. The van der Waals surface area contributed by atoms with Crippen molar-refractivity contribution in [3.63, 3.8) is 0 Å². The smallest absolute Gasteiger partial charge is 0.257 e. The number of anilines is 1. The molecule has 0 aliphatic carbocycles. The van der Waals surface area contributed by atoms with Crippen LogP contribution in [0.4, 0.5) is 5.13 Å². The number of rotatable bonds is 6. The zero-order valence-electron chi connectivity index (χ0n) is 17.1. The van der Waals surface area contributed by atoms with Gasteiger partial charge in [-0.1, -0.05) is 31.2 Å². The van der Waals surface area contributed by atoms with Crippen molar-refractivity contribution in [2.75, 3.05) is 31.6 Å². The summed E-state index contributed by atoms with van der Waals surface area (Å²) in [6.45, 7) is 3.54. The van der Waals surface area contributed by atoms with Crippen molar-refractivity contribution >= 4 is 32.4 Å². The first-order valence-electron chi connectivity index (χ1n) is 10.0. The fraction of sp³-hybridized carbons (Fsp3) is 0.273. The molecular formula is C22H23N3O4S2. The Morgan fingerprint density at radius 2 is 1.77 bits per heavy atom. The SMILES string of the molecule is CCc1ccc(-c2csc(NC(=O)c3ccc(S(=O)(=O)N4CCOCC4)cc3)n2)cc1. The molecule has 1 fully saturated rings. The molecule has 2 aromatic carbocycles. The van der Waals surface area contributed by atoms with Gasteiger partial charge in [0.25, 0.3) is 5.91 Å². The molecule has 162 valence electrons. The Hall–Kier alpha value is -2.59. The molecule has 7 nitrogen and oxygen atoms in total. The minimum atomic E-state index is -3.58. The van der Waals surface area contributed by atoms with Gasteiger partial charge in [0, 0.05) is 29.6 Å². The summed E-state index contributed by atoms with van der Waals surface area (Å²) in [5.41, 5.74) is 3.41. The van der Waals surface area contributed by atoms with E-state index in [-0.39, 0.29) is 10.8 Å². The molecular weight excluding hydrogens is 434 g/mol. The van der Waals surface area contributed by atoms with Crippen molar-refractivity contribution in [1.82, 2.24) is 9.29 Å². The normalized spacial score (nSPS) is 15.0. The Balaban J connectivity index is 1.43. The average molecular weight is 458 g/mol. The van der Waals surface area contributed by atoms with Crippen LogP contribution in [0.15, 0.2) is 58.8 Å². The Morgan fingerprint density at radius 3 is 2.42 bits per heavy atom. The first-order valence-corrected chi connectivity index (χ1v) is 12.3. The average Bonchev–Trinajstić information content (AvgIpc) is 3.28. The molecule has 1 saturated heterocycles. The van der Waals surface area contributed by atoms with Gasteiger partial charge in [-0.3, -0.25) is 10.1 Å². The van der Waals surface area contributed by atoms with Crippen molar-refractivity contribution in [1.29, 1.82) is 0 Å². The maximum absolute atomic E-state index is 12.7. The molecule has 3 aromatic rings. The number of aryl methyl sites for hydroxylation is 1. The maximum atomic E-state index is 12.7. The predicted molar refractivity (Wildman–Crippen MR) is 121 cm³/mol. The lowest BCUT2D eigenvalue weighted by molar-refractivity contribution is 0.0730. The minimum absolute atomic E-state index is 0.165. The summed E-state index contributed by atoms with van der Waals surface area (Å²) in [6, 6.07) is 14.1. The number of thiazole rings is 1. The van der Waals surface area contributed by atoms with Crippen molar-refractivity contribution in [3.05, 3.63) is 65.0 Å². The molecule has 9 heteroatoms. The van der Waals surface area contributed by atoms with Gasteiger partial charge in [-0.15, -0.1) is 11.3 Å². The summed E-state index contributed by atoms with van der Waals surface area (Å²) >= 11 is 1.35. The van der Waals surface area contributed by atoms with Crippen LogP contribution < -0.4 is 5.32 Å². The van der Waals surface area contributed by atoms with Crippen LogP contribution in [0.25, 0.3) is 11.3 Å². The number of morpholine rings is 1. The lowest BCUT2D eigenvalue weighted by Gasteiger charge is -2.26. The van der Waals surface area contributed by atoms with Gasteiger partial charge in [-0.05, 0) is 36.2 Å². The van der Waals surface area contributed by atoms with Crippen LogP contribution in [-0.4, -0.2) is 49.9 Å². The maximum Gasteiger partial charge on any atom is 0.257 e. The number of amides is 1. The summed E-state index contributed by atoms with van der Waals surface area (Å²) in [4.78, 5) is 17.2. The summed E-state index contributed by atoms with van der Waals surface area (Å²) < 4.78 is 32.0. The van der Waals surface area contributed by atoms with Crippen LogP contribution in [0.1, 0.15) is 22.8 Å². The van der Waals surface area contributed by atoms with Crippen LogP contribution >= 0.6 is 11.3 Å². The number of carbonyl (C=O) groups excluding carboxylic acids is 1. The first-order chi connectivity index (χ1) is 15.0. The molecule has 4 rings (SSSR count). The van der Waals surface area contributed by atoms with Gasteiger partial charge < -0.3 is 4.74 Å². The van der Waals surface area contributed by atoms with Gasteiger partial charge in [0.15, 0.2) is 5.13 Å². The van der Waals surface area contributed by atoms with Gasteiger partial charge in [0.05, 0.1) is 23.8 Å². The van der Waals surface area contributed by atoms with Gasteiger partial charge in [-0.25, -0.2) is 13.4 Å². The number of benzene rings is 2. The number of sulfonamides is 1. The number of nitrogens with one attached hydrogen (secondary N) is 1. The number of ether oxygens (including phenoxy) is 1. The van der Waals surface area contributed by atoms with Crippen molar-refractivity contribution in [2.45, 2.75) is 18.2 Å². The van der Waals surface area contributed by atoms with E-state index in [0.29, 0.717) is 37.0 Å². The Bertz CT molecular complexity index is 1150. The van der Waals surface area contributed by atoms with E-state index in [9.17, 15) is 13.2 Å². The Labute approximate surface area is 185 Å². The Morgan fingerprint density at radius 1 is 1.10 bits per heavy atom. The van der Waals surface area contributed by atoms with Crippen LogP contribution in [0.2, 0.25) is 0 Å². The monoisotopic (exact) mass is 457 g/mol. The lowest BCUT2D eigenvalue weighted by Crippen LogP contribution is -2.40. The fourth-order valence-electron chi connectivity index (χ4n) is 3.26. The summed E-state index contributed by atoms with van der Waals surface area (Å²) in [5, 5.41) is 5.17. The van der Waals surface area contributed by atoms with Gasteiger partial charge in [0.1, 0.15) is 0 Å². The second kappa shape index (κ2) is 9.27. The molecule has 1 aliphatic heterocycles. The summed E-state index contributed by atoms with van der Waals surface area (Å²) in [7, 11) is -3.58. The van der Waals surface area contributed by atoms with E-state index in [4.69, 9.17) is 4.74 Å². The van der Waals surface area contributed by atoms with E-state index in [2.05, 4.69) is 29.4 Å². The number of hydrogen-bond donors (Lipinski definition) is 1. The highest BCUT2D eigenvalue weighted by Crippen LogP contribution is 2.26. The minimum Gasteiger partial charge on any atom is -0.379 e. The molecule has 0 radical (unpaired) electrons. The van der Waals surface area contributed by atoms with Crippen LogP contribution in [-0.2, 0) is 21.2 Å². The molecule has 31 heavy (non-hydrogen) atoms. The molecule has 2 heterocycles. The van der Waals surface area contributed by atoms with E-state index in [0.717, 1.165) is 17.7 Å².